The molecule has 0 aliphatic heterocycles. The highest BCUT2D eigenvalue weighted by Crippen LogP contribution is 2.17. The Balaban J connectivity index is 2.99. The smallest absolute Gasteiger partial charge is 0.372 e. The molecule has 1 rings (SSSR count). The van der Waals surface area contributed by atoms with Gasteiger partial charge in [-0.1, -0.05) is 43.5 Å². The number of hydrogen-bond acceptors (Lipinski definition) is 2. The molecule has 0 radical (unpaired) electrons. The van der Waals surface area contributed by atoms with Crippen LogP contribution < -0.4 is 5.19 Å². The maximum Gasteiger partial charge on any atom is 0.372 e. The van der Waals surface area contributed by atoms with Gasteiger partial charge in [-0.15, -0.1) is 0 Å². The molecule has 0 aromatic heterocycles. The molecule has 1 aromatic rings. The summed E-state index contributed by atoms with van der Waals surface area (Å²) in [6, 6.07) is 8.78. The van der Waals surface area contributed by atoms with Crippen molar-refractivity contribution in [1.82, 2.24) is 0 Å². The highest BCUT2D eigenvalue weighted by Gasteiger charge is 2.37. The molecular formula is C12H19ClO2Si. The second-order valence-corrected chi connectivity index (χ2v) is 7.61. The predicted molar refractivity (Wildman–Crippen MR) is 70.6 cm³/mol. The van der Waals surface area contributed by atoms with Gasteiger partial charge >= 0.3 is 8.56 Å². The second kappa shape index (κ2) is 6.40. The van der Waals surface area contributed by atoms with Crippen molar-refractivity contribution in [2.24, 2.45) is 0 Å². The van der Waals surface area contributed by atoms with Gasteiger partial charge < -0.3 is 8.85 Å². The lowest BCUT2D eigenvalue weighted by molar-refractivity contribution is 0.256. The number of unbranched alkanes of at least 4 members (excludes halogenated alkanes) is 1. The number of rotatable bonds is 6. The van der Waals surface area contributed by atoms with Crippen LogP contribution in [0.4, 0.5) is 0 Å². The van der Waals surface area contributed by atoms with Crippen molar-refractivity contribution in [3.63, 3.8) is 0 Å². The van der Waals surface area contributed by atoms with Gasteiger partial charge in [0.05, 0.1) is 0 Å². The van der Waals surface area contributed by atoms with Crippen molar-refractivity contribution in [2.45, 2.75) is 25.8 Å². The van der Waals surface area contributed by atoms with E-state index in [0.29, 0.717) is 0 Å². The Hall–Kier alpha value is -0.353. The van der Waals surface area contributed by atoms with Crippen molar-refractivity contribution < 1.29 is 8.85 Å². The van der Waals surface area contributed by atoms with Crippen LogP contribution in [0.5, 0.6) is 0 Å². The van der Waals surface area contributed by atoms with Crippen LogP contribution in [0.3, 0.4) is 0 Å². The largest absolute Gasteiger partial charge is 0.394 e. The summed E-state index contributed by atoms with van der Waals surface area (Å²) in [6.07, 6.45) is 2.25. The minimum Gasteiger partial charge on any atom is -0.394 e. The molecule has 0 saturated carbocycles. The molecule has 0 saturated heterocycles. The highest BCUT2D eigenvalue weighted by atomic mass is 35.5. The van der Waals surface area contributed by atoms with E-state index in [1.807, 2.05) is 24.3 Å². The van der Waals surface area contributed by atoms with Crippen LogP contribution in [0.2, 0.25) is 11.1 Å². The first-order chi connectivity index (χ1) is 7.68. The van der Waals surface area contributed by atoms with Crippen molar-refractivity contribution in [3.05, 3.63) is 29.3 Å². The molecule has 0 amide bonds. The normalized spacial score (nSPS) is 11.8. The van der Waals surface area contributed by atoms with Crippen LogP contribution in [-0.4, -0.2) is 22.8 Å². The van der Waals surface area contributed by atoms with Crippen molar-refractivity contribution in [2.75, 3.05) is 14.2 Å². The van der Waals surface area contributed by atoms with Gasteiger partial charge in [-0.25, -0.2) is 0 Å². The van der Waals surface area contributed by atoms with Crippen molar-refractivity contribution >= 4 is 25.3 Å². The maximum absolute atomic E-state index is 6.01. The Labute approximate surface area is 104 Å². The lowest BCUT2D eigenvalue weighted by Gasteiger charge is -2.27. The average Bonchev–Trinajstić information content (AvgIpc) is 2.31. The third-order valence-electron chi connectivity index (χ3n) is 2.78. The molecule has 1 aromatic carbocycles. The molecule has 0 spiro atoms. The van der Waals surface area contributed by atoms with Crippen LogP contribution in [0.25, 0.3) is 0 Å². The van der Waals surface area contributed by atoms with Gasteiger partial charge in [0, 0.05) is 19.2 Å². The molecule has 0 N–H and O–H groups in total. The summed E-state index contributed by atoms with van der Waals surface area (Å²) in [5, 5.41) is 1.85. The SMILES string of the molecule is CCCC[Si](OC)(OC)c1cccc(Cl)c1. The van der Waals surface area contributed by atoms with Gasteiger partial charge in [0.1, 0.15) is 0 Å². The van der Waals surface area contributed by atoms with Gasteiger partial charge in [0.15, 0.2) is 0 Å². The summed E-state index contributed by atoms with van der Waals surface area (Å²) in [5.74, 6) is 0. The Kier molecular flexibility index (Phi) is 5.48. The lowest BCUT2D eigenvalue weighted by atomic mass is 10.4. The number of hydrogen-bond donors (Lipinski definition) is 0. The predicted octanol–water partition coefficient (Wildman–Crippen LogP) is 3.08. The van der Waals surface area contributed by atoms with Gasteiger partial charge in [0.25, 0.3) is 0 Å². The summed E-state index contributed by atoms with van der Waals surface area (Å²) in [6.45, 7) is 2.17. The zero-order valence-electron chi connectivity index (χ0n) is 10.1. The fourth-order valence-corrected chi connectivity index (χ4v) is 4.96. The molecular weight excluding hydrogens is 240 g/mol. The third kappa shape index (κ3) is 3.07. The third-order valence-corrected chi connectivity index (χ3v) is 6.54. The van der Waals surface area contributed by atoms with E-state index in [1.54, 1.807) is 14.2 Å². The standard InChI is InChI=1S/C12H19ClO2Si/c1-4-5-9-16(14-2,15-3)12-8-6-7-11(13)10-12/h6-8,10H,4-5,9H2,1-3H3. The second-order valence-electron chi connectivity index (χ2n) is 3.78. The molecule has 90 valence electrons. The Morgan fingerprint density at radius 1 is 1.25 bits per heavy atom. The summed E-state index contributed by atoms with van der Waals surface area (Å²) in [4.78, 5) is 0. The topological polar surface area (TPSA) is 18.5 Å². The zero-order chi connectivity index (χ0) is 12.0. The van der Waals surface area contributed by atoms with E-state index in [2.05, 4.69) is 6.92 Å². The quantitative estimate of drug-likeness (QED) is 0.730. The zero-order valence-corrected chi connectivity index (χ0v) is 11.9. The maximum atomic E-state index is 6.01. The summed E-state index contributed by atoms with van der Waals surface area (Å²) in [7, 11) is 1.20. The molecule has 0 fully saturated rings. The lowest BCUT2D eigenvalue weighted by Crippen LogP contribution is -2.52. The van der Waals surface area contributed by atoms with Gasteiger partial charge in [-0.3, -0.25) is 0 Å². The molecule has 0 aliphatic carbocycles. The van der Waals surface area contributed by atoms with Gasteiger partial charge in [0.2, 0.25) is 0 Å². The molecule has 4 heteroatoms. The summed E-state index contributed by atoms with van der Waals surface area (Å²) >= 11 is 6.01. The van der Waals surface area contributed by atoms with Crippen LogP contribution in [0, 0.1) is 0 Å². The van der Waals surface area contributed by atoms with E-state index in [9.17, 15) is 0 Å². The van der Waals surface area contributed by atoms with Crippen molar-refractivity contribution in [1.29, 1.82) is 0 Å². The van der Waals surface area contributed by atoms with Gasteiger partial charge in [-0.2, -0.15) is 0 Å². The number of benzene rings is 1. The molecule has 2 nitrogen and oxygen atoms in total. The molecule has 0 heterocycles. The Morgan fingerprint density at radius 2 is 1.94 bits per heavy atom. The summed E-state index contributed by atoms with van der Waals surface area (Å²) < 4.78 is 11.4. The van der Waals surface area contributed by atoms with Crippen LogP contribution >= 0.6 is 11.6 Å². The molecule has 0 aliphatic rings. The van der Waals surface area contributed by atoms with Gasteiger partial charge in [-0.05, 0) is 23.4 Å². The van der Waals surface area contributed by atoms with E-state index < -0.39 is 8.56 Å². The average molecular weight is 259 g/mol. The first-order valence-electron chi connectivity index (χ1n) is 5.55. The van der Waals surface area contributed by atoms with E-state index in [-0.39, 0.29) is 0 Å². The highest BCUT2D eigenvalue weighted by molar-refractivity contribution is 6.81. The minimum atomic E-state index is -2.26. The molecule has 0 bridgehead atoms. The summed E-state index contributed by atoms with van der Waals surface area (Å²) in [5.41, 5.74) is 0. The Bertz CT molecular complexity index is 327. The van der Waals surface area contributed by atoms with Crippen LogP contribution in [-0.2, 0) is 8.85 Å². The fraction of sp³-hybridized carbons (Fsp3) is 0.500. The van der Waals surface area contributed by atoms with E-state index in [0.717, 1.165) is 29.1 Å². The molecule has 16 heavy (non-hydrogen) atoms. The van der Waals surface area contributed by atoms with Crippen molar-refractivity contribution in [3.8, 4) is 0 Å². The van der Waals surface area contributed by atoms with Crippen LogP contribution in [0.15, 0.2) is 24.3 Å². The van der Waals surface area contributed by atoms with E-state index >= 15 is 0 Å². The first kappa shape index (κ1) is 13.7. The molecule has 0 atom stereocenters. The van der Waals surface area contributed by atoms with E-state index in [1.165, 1.54) is 0 Å². The Morgan fingerprint density at radius 3 is 2.44 bits per heavy atom. The minimum absolute atomic E-state index is 0.736. The fourth-order valence-electron chi connectivity index (χ4n) is 1.80. The monoisotopic (exact) mass is 258 g/mol. The number of halogens is 1. The van der Waals surface area contributed by atoms with Crippen LogP contribution in [0.1, 0.15) is 19.8 Å². The molecule has 0 unspecified atom stereocenters. The first-order valence-corrected chi connectivity index (χ1v) is 7.95. The van der Waals surface area contributed by atoms with E-state index in [4.69, 9.17) is 20.5 Å².